The monoisotopic (exact) mass is 364 g/mol. The Labute approximate surface area is 157 Å². The molecule has 1 atom stereocenters. The smallest absolute Gasteiger partial charge is 0.227 e. The van der Waals surface area contributed by atoms with Crippen molar-refractivity contribution < 1.29 is 14.1 Å². The first-order valence-electron chi connectivity index (χ1n) is 8.97. The highest BCUT2D eigenvalue weighted by Gasteiger charge is 2.25. The zero-order valence-corrected chi connectivity index (χ0v) is 14.8. The molecule has 1 aromatic carbocycles. The van der Waals surface area contributed by atoms with Crippen molar-refractivity contribution in [2.24, 2.45) is 0 Å². The Morgan fingerprint density at radius 1 is 1.15 bits per heavy atom. The molecule has 0 radical (unpaired) electrons. The topological polar surface area (TPSA) is 81.3 Å². The van der Waals surface area contributed by atoms with Gasteiger partial charge in [0.25, 0.3) is 0 Å². The fourth-order valence-electron chi connectivity index (χ4n) is 3.09. The second-order valence-corrected chi connectivity index (χ2v) is 6.36. The molecule has 4 rings (SSSR count). The van der Waals surface area contributed by atoms with E-state index in [2.05, 4.69) is 15.1 Å². The van der Waals surface area contributed by atoms with Crippen LogP contribution in [0.2, 0.25) is 0 Å². The van der Waals surface area contributed by atoms with Gasteiger partial charge < -0.3 is 14.2 Å². The van der Waals surface area contributed by atoms with Crippen LogP contribution in [0, 0.1) is 0 Å². The molecular weight excluding hydrogens is 344 g/mol. The fraction of sp³-hybridized carbons (Fsp3) is 0.300. The Hall–Kier alpha value is -3.06. The van der Waals surface area contributed by atoms with Crippen molar-refractivity contribution in [3.8, 4) is 11.4 Å². The number of nitrogens with zero attached hydrogens (tertiary/aromatic N) is 4. The van der Waals surface area contributed by atoms with Gasteiger partial charge in [-0.15, -0.1) is 0 Å². The average Bonchev–Trinajstić information content (AvgIpc) is 3.22. The lowest BCUT2D eigenvalue weighted by Gasteiger charge is -2.33. The SMILES string of the molecule is O=C(CCc1nc(-c2ccncc2)no1)N1CCO[C@@H](c2ccccc2)C1. The lowest BCUT2D eigenvalue weighted by Crippen LogP contribution is -2.42. The number of carbonyl (C=O) groups is 1. The van der Waals surface area contributed by atoms with E-state index < -0.39 is 0 Å². The van der Waals surface area contributed by atoms with Crippen LogP contribution in [0.3, 0.4) is 0 Å². The quantitative estimate of drug-likeness (QED) is 0.692. The van der Waals surface area contributed by atoms with Crippen LogP contribution >= 0.6 is 0 Å². The van der Waals surface area contributed by atoms with Crippen LogP contribution in [-0.4, -0.2) is 45.6 Å². The number of aromatic nitrogens is 3. The van der Waals surface area contributed by atoms with E-state index in [9.17, 15) is 4.79 Å². The number of hydrogen-bond donors (Lipinski definition) is 0. The van der Waals surface area contributed by atoms with Crippen LogP contribution in [0.4, 0.5) is 0 Å². The molecule has 138 valence electrons. The van der Waals surface area contributed by atoms with Crippen LogP contribution in [0.5, 0.6) is 0 Å². The van der Waals surface area contributed by atoms with Gasteiger partial charge in [-0.05, 0) is 17.7 Å². The molecule has 2 aromatic heterocycles. The van der Waals surface area contributed by atoms with E-state index in [1.54, 1.807) is 12.4 Å². The summed E-state index contributed by atoms with van der Waals surface area (Å²) in [6, 6.07) is 13.6. The first-order chi connectivity index (χ1) is 13.3. The molecule has 0 unspecified atom stereocenters. The van der Waals surface area contributed by atoms with Crippen molar-refractivity contribution in [1.82, 2.24) is 20.0 Å². The first kappa shape index (κ1) is 17.4. The molecule has 0 aliphatic carbocycles. The van der Waals surface area contributed by atoms with E-state index in [-0.39, 0.29) is 12.0 Å². The maximum atomic E-state index is 12.6. The van der Waals surface area contributed by atoms with Gasteiger partial charge in [0.15, 0.2) is 0 Å². The Morgan fingerprint density at radius 3 is 2.78 bits per heavy atom. The molecule has 1 saturated heterocycles. The molecule has 3 heterocycles. The molecule has 27 heavy (non-hydrogen) atoms. The third-order valence-corrected chi connectivity index (χ3v) is 4.55. The van der Waals surface area contributed by atoms with Crippen LogP contribution in [0.1, 0.15) is 24.0 Å². The molecule has 7 nitrogen and oxygen atoms in total. The van der Waals surface area contributed by atoms with E-state index in [1.165, 1.54) is 0 Å². The number of hydrogen-bond acceptors (Lipinski definition) is 6. The summed E-state index contributed by atoms with van der Waals surface area (Å²) in [5.74, 6) is 1.04. The molecule has 3 aromatic rings. The van der Waals surface area contributed by atoms with Gasteiger partial charge in [0.05, 0.1) is 13.2 Å². The highest BCUT2D eigenvalue weighted by atomic mass is 16.5. The number of amides is 1. The van der Waals surface area contributed by atoms with Crippen molar-refractivity contribution in [3.63, 3.8) is 0 Å². The van der Waals surface area contributed by atoms with E-state index in [1.807, 2.05) is 47.4 Å². The van der Waals surface area contributed by atoms with Gasteiger partial charge in [0.2, 0.25) is 17.6 Å². The third kappa shape index (κ3) is 4.20. The van der Waals surface area contributed by atoms with Gasteiger partial charge in [0, 0.05) is 37.3 Å². The minimum absolute atomic E-state index is 0.0721. The van der Waals surface area contributed by atoms with Crippen LogP contribution < -0.4 is 0 Å². The summed E-state index contributed by atoms with van der Waals surface area (Å²) in [6.45, 7) is 1.71. The number of ether oxygens (including phenoxy) is 1. The molecule has 1 aliphatic heterocycles. The summed E-state index contributed by atoms with van der Waals surface area (Å²) in [6.07, 6.45) is 4.03. The second-order valence-electron chi connectivity index (χ2n) is 6.36. The summed E-state index contributed by atoms with van der Waals surface area (Å²) in [5.41, 5.74) is 1.93. The second kappa shape index (κ2) is 8.09. The van der Waals surface area contributed by atoms with Gasteiger partial charge in [-0.1, -0.05) is 35.5 Å². The normalized spacial score (nSPS) is 17.0. The van der Waals surface area contributed by atoms with Crippen LogP contribution in [0.25, 0.3) is 11.4 Å². The maximum absolute atomic E-state index is 12.6. The van der Waals surface area contributed by atoms with Crippen molar-refractivity contribution in [3.05, 3.63) is 66.3 Å². The first-order valence-corrected chi connectivity index (χ1v) is 8.97. The summed E-state index contributed by atoms with van der Waals surface area (Å²) in [7, 11) is 0. The zero-order valence-electron chi connectivity index (χ0n) is 14.8. The molecule has 0 spiro atoms. The summed E-state index contributed by atoms with van der Waals surface area (Å²) >= 11 is 0. The van der Waals surface area contributed by atoms with Crippen molar-refractivity contribution in [2.75, 3.05) is 19.7 Å². The van der Waals surface area contributed by atoms with Gasteiger partial charge in [-0.2, -0.15) is 4.98 Å². The van der Waals surface area contributed by atoms with E-state index >= 15 is 0 Å². The van der Waals surface area contributed by atoms with Gasteiger partial charge >= 0.3 is 0 Å². The van der Waals surface area contributed by atoms with E-state index in [4.69, 9.17) is 9.26 Å². The number of rotatable bonds is 5. The predicted molar refractivity (Wildman–Crippen MR) is 97.6 cm³/mol. The minimum atomic E-state index is -0.0782. The number of carbonyl (C=O) groups excluding carboxylic acids is 1. The Kier molecular flexibility index (Phi) is 5.20. The number of morpholine rings is 1. The van der Waals surface area contributed by atoms with E-state index in [0.29, 0.717) is 44.3 Å². The average molecular weight is 364 g/mol. The molecular formula is C20H20N4O3. The molecule has 0 saturated carbocycles. The number of pyridine rings is 1. The third-order valence-electron chi connectivity index (χ3n) is 4.55. The molecule has 1 aliphatic rings. The van der Waals surface area contributed by atoms with Crippen LogP contribution in [-0.2, 0) is 16.0 Å². The number of benzene rings is 1. The Morgan fingerprint density at radius 2 is 1.96 bits per heavy atom. The highest BCUT2D eigenvalue weighted by molar-refractivity contribution is 5.76. The van der Waals surface area contributed by atoms with Gasteiger partial charge in [0.1, 0.15) is 6.10 Å². The lowest BCUT2D eigenvalue weighted by atomic mass is 10.1. The fourth-order valence-corrected chi connectivity index (χ4v) is 3.09. The summed E-state index contributed by atoms with van der Waals surface area (Å²) < 4.78 is 11.1. The maximum Gasteiger partial charge on any atom is 0.227 e. The largest absolute Gasteiger partial charge is 0.370 e. The van der Waals surface area contributed by atoms with Crippen molar-refractivity contribution in [2.45, 2.75) is 18.9 Å². The van der Waals surface area contributed by atoms with Crippen molar-refractivity contribution in [1.29, 1.82) is 0 Å². The van der Waals surface area contributed by atoms with Crippen molar-refractivity contribution >= 4 is 5.91 Å². The predicted octanol–water partition coefficient (Wildman–Crippen LogP) is 2.66. The Balaban J connectivity index is 1.33. The molecule has 0 bridgehead atoms. The molecule has 1 fully saturated rings. The zero-order chi connectivity index (χ0) is 18.5. The minimum Gasteiger partial charge on any atom is -0.370 e. The van der Waals surface area contributed by atoms with Crippen LogP contribution in [0.15, 0.2) is 59.4 Å². The highest BCUT2D eigenvalue weighted by Crippen LogP contribution is 2.22. The Bertz CT molecular complexity index is 883. The summed E-state index contributed by atoms with van der Waals surface area (Å²) in [5, 5.41) is 3.97. The molecule has 0 N–H and O–H groups in total. The molecule has 1 amide bonds. The summed E-state index contributed by atoms with van der Waals surface area (Å²) in [4.78, 5) is 22.8. The standard InChI is InChI=1S/C20H20N4O3/c25-19(24-12-13-26-17(14-24)15-4-2-1-3-5-15)7-6-18-22-20(23-27-18)16-8-10-21-11-9-16/h1-5,8-11,17H,6-7,12-14H2/t17-/m1/s1. The van der Waals surface area contributed by atoms with Gasteiger partial charge in [-0.25, -0.2) is 0 Å². The molecule has 7 heteroatoms. The number of aryl methyl sites for hydroxylation is 1. The van der Waals surface area contributed by atoms with E-state index in [0.717, 1.165) is 11.1 Å². The lowest BCUT2D eigenvalue weighted by molar-refractivity contribution is -0.139. The van der Waals surface area contributed by atoms with Gasteiger partial charge in [-0.3, -0.25) is 9.78 Å².